The number of carbonyl (C=O) groups excluding carboxylic acids is 1. The number of anilines is 1. The van der Waals surface area contributed by atoms with Crippen molar-refractivity contribution in [1.82, 2.24) is 10.1 Å². The number of carbonyl (C=O) groups is 1. The van der Waals surface area contributed by atoms with Crippen LogP contribution in [-0.4, -0.2) is 30.2 Å². The molecule has 0 N–H and O–H groups in total. The third kappa shape index (κ3) is 5.04. The fourth-order valence-corrected chi connectivity index (χ4v) is 2.21. The summed E-state index contributed by atoms with van der Waals surface area (Å²) >= 11 is 0. The number of hydrogen-bond donors (Lipinski definition) is 0. The number of nitrogens with zero attached hydrogens (tertiary/aromatic N) is 3. The molecular weight excluding hydrogens is 353 g/mol. The second-order valence-electron chi connectivity index (χ2n) is 5.87. The zero-order valence-electron chi connectivity index (χ0n) is 14.9. The van der Waals surface area contributed by atoms with Crippen molar-refractivity contribution in [2.24, 2.45) is 0 Å². The molecule has 0 atom stereocenters. The monoisotopic (exact) mass is 371 g/mol. The molecular formula is C19H18FN3O4. The van der Waals surface area contributed by atoms with Crippen LogP contribution in [0.1, 0.15) is 22.1 Å². The van der Waals surface area contributed by atoms with Gasteiger partial charge in [-0.2, -0.15) is 4.98 Å². The summed E-state index contributed by atoms with van der Waals surface area (Å²) in [6.07, 6.45) is 0. The van der Waals surface area contributed by atoms with Gasteiger partial charge in [0, 0.05) is 19.8 Å². The number of hydrogen-bond acceptors (Lipinski definition) is 7. The lowest BCUT2D eigenvalue weighted by atomic mass is 10.2. The maximum absolute atomic E-state index is 12.8. The lowest BCUT2D eigenvalue weighted by Gasteiger charge is -2.12. The second-order valence-corrected chi connectivity index (χ2v) is 5.87. The highest BCUT2D eigenvalue weighted by Crippen LogP contribution is 2.15. The van der Waals surface area contributed by atoms with E-state index in [1.165, 1.54) is 24.3 Å². The van der Waals surface area contributed by atoms with Gasteiger partial charge < -0.3 is 18.9 Å². The molecule has 0 aliphatic rings. The molecule has 2 aromatic carbocycles. The van der Waals surface area contributed by atoms with Crippen molar-refractivity contribution < 1.29 is 23.2 Å². The van der Waals surface area contributed by atoms with Gasteiger partial charge in [0.25, 0.3) is 5.89 Å². The molecule has 0 fully saturated rings. The van der Waals surface area contributed by atoms with Gasteiger partial charge in [0.1, 0.15) is 11.6 Å². The Hall–Kier alpha value is -3.42. The number of halogens is 1. The predicted octanol–water partition coefficient (Wildman–Crippen LogP) is 3.21. The van der Waals surface area contributed by atoms with Crippen LogP contribution in [0.2, 0.25) is 0 Å². The maximum atomic E-state index is 12.8. The van der Waals surface area contributed by atoms with Crippen LogP contribution in [0.3, 0.4) is 0 Å². The first kappa shape index (κ1) is 18.4. The summed E-state index contributed by atoms with van der Waals surface area (Å²) in [7, 11) is 3.77. The number of ether oxygens (including phenoxy) is 2. The molecule has 0 aliphatic heterocycles. The highest BCUT2D eigenvalue weighted by atomic mass is 19.1. The Morgan fingerprint density at radius 1 is 1.15 bits per heavy atom. The van der Waals surface area contributed by atoms with E-state index in [1.807, 2.05) is 25.1 Å². The number of aromatic nitrogens is 2. The van der Waals surface area contributed by atoms with Gasteiger partial charge in [0.05, 0.1) is 5.56 Å². The molecule has 140 valence electrons. The molecule has 0 amide bonds. The van der Waals surface area contributed by atoms with Gasteiger partial charge in [-0.15, -0.1) is 0 Å². The minimum atomic E-state index is -0.485. The number of benzene rings is 2. The number of esters is 1. The first-order valence-corrected chi connectivity index (χ1v) is 8.15. The van der Waals surface area contributed by atoms with Crippen molar-refractivity contribution in [2.75, 3.05) is 19.0 Å². The van der Waals surface area contributed by atoms with Crippen molar-refractivity contribution in [3.8, 4) is 5.75 Å². The van der Waals surface area contributed by atoms with E-state index in [4.69, 9.17) is 14.0 Å². The quantitative estimate of drug-likeness (QED) is 0.590. The summed E-state index contributed by atoms with van der Waals surface area (Å²) in [6.45, 7) is -0.0947. The second kappa shape index (κ2) is 8.31. The fraction of sp³-hybridized carbons (Fsp3) is 0.211. The van der Waals surface area contributed by atoms with Crippen LogP contribution >= 0.6 is 0 Å². The van der Waals surface area contributed by atoms with Crippen LogP contribution in [-0.2, 0) is 18.0 Å². The van der Waals surface area contributed by atoms with Crippen LogP contribution in [0, 0.1) is 5.82 Å². The molecule has 3 aromatic rings. The van der Waals surface area contributed by atoms with Crippen LogP contribution < -0.4 is 9.64 Å². The first-order valence-electron chi connectivity index (χ1n) is 8.15. The van der Waals surface area contributed by atoms with E-state index in [0.29, 0.717) is 17.1 Å². The average Bonchev–Trinajstić information content (AvgIpc) is 3.13. The van der Waals surface area contributed by atoms with Gasteiger partial charge in [-0.3, -0.25) is 0 Å². The summed E-state index contributed by atoms with van der Waals surface area (Å²) in [5.41, 5.74) is 1.32. The van der Waals surface area contributed by atoms with E-state index in [-0.39, 0.29) is 24.9 Å². The predicted molar refractivity (Wildman–Crippen MR) is 94.9 cm³/mol. The molecule has 0 saturated carbocycles. The molecule has 3 rings (SSSR count). The summed E-state index contributed by atoms with van der Waals surface area (Å²) < 4.78 is 28.5. The van der Waals surface area contributed by atoms with E-state index in [2.05, 4.69) is 10.1 Å². The standard InChI is InChI=1S/C19H18FN3O4/c1-23(2)15-5-3-4-13(10-15)19(24)26-12-18-21-17(22-27-18)11-25-16-8-6-14(20)7-9-16/h3-10H,11-12H2,1-2H3. The third-order valence-electron chi connectivity index (χ3n) is 3.62. The van der Waals surface area contributed by atoms with Gasteiger partial charge in [0.2, 0.25) is 5.82 Å². The molecule has 0 spiro atoms. The van der Waals surface area contributed by atoms with Crippen LogP contribution in [0.25, 0.3) is 0 Å². The average molecular weight is 371 g/mol. The Labute approximate surface area is 155 Å². The van der Waals surface area contributed by atoms with Crippen LogP contribution in [0.5, 0.6) is 5.75 Å². The fourth-order valence-electron chi connectivity index (χ4n) is 2.21. The van der Waals surface area contributed by atoms with Gasteiger partial charge in [0.15, 0.2) is 13.2 Å². The minimum Gasteiger partial charge on any atom is -0.485 e. The summed E-state index contributed by atoms with van der Waals surface area (Å²) in [5.74, 6) is 0.0999. The minimum absolute atomic E-state index is 0.0496. The molecule has 1 heterocycles. The number of rotatable bonds is 7. The largest absolute Gasteiger partial charge is 0.485 e. The topological polar surface area (TPSA) is 77.7 Å². The SMILES string of the molecule is CN(C)c1cccc(C(=O)OCc2nc(COc3ccc(F)cc3)no2)c1. The Bertz CT molecular complexity index is 909. The molecule has 27 heavy (non-hydrogen) atoms. The van der Waals surface area contributed by atoms with Gasteiger partial charge in [-0.05, 0) is 42.5 Å². The zero-order chi connectivity index (χ0) is 19.2. The smallest absolute Gasteiger partial charge is 0.338 e. The Morgan fingerprint density at radius 2 is 1.93 bits per heavy atom. The Kier molecular flexibility index (Phi) is 5.65. The van der Waals surface area contributed by atoms with E-state index in [9.17, 15) is 9.18 Å². The zero-order valence-corrected chi connectivity index (χ0v) is 14.9. The highest BCUT2D eigenvalue weighted by Gasteiger charge is 2.13. The molecule has 0 bridgehead atoms. The van der Waals surface area contributed by atoms with E-state index >= 15 is 0 Å². The van der Waals surface area contributed by atoms with Crippen molar-refractivity contribution in [3.63, 3.8) is 0 Å². The van der Waals surface area contributed by atoms with Gasteiger partial charge >= 0.3 is 5.97 Å². The molecule has 0 unspecified atom stereocenters. The van der Waals surface area contributed by atoms with E-state index < -0.39 is 5.97 Å². The normalized spacial score (nSPS) is 10.5. The lowest BCUT2D eigenvalue weighted by molar-refractivity contribution is 0.0430. The molecule has 1 aromatic heterocycles. The molecule has 0 aliphatic carbocycles. The van der Waals surface area contributed by atoms with Crippen molar-refractivity contribution in [1.29, 1.82) is 0 Å². The van der Waals surface area contributed by atoms with Crippen LogP contribution in [0.4, 0.5) is 10.1 Å². The molecule has 0 saturated heterocycles. The van der Waals surface area contributed by atoms with Gasteiger partial charge in [-0.1, -0.05) is 11.2 Å². The molecule has 7 nitrogen and oxygen atoms in total. The van der Waals surface area contributed by atoms with E-state index in [0.717, 1.165) is 5.69 Å². The van der Waals surface area contributed by atoms with Crippen LogP contribution in [0.15, 0.2) is 53.1 Å². The Balaban J connectivity index is 1.52. The summed E-state index contributed by atoms with van der Waals surface area (Å²) in [6, 6.07) is 12.7. The van der Waals surface area contributed by atoms with Crippen molar-refractivity contribution >= 4 is 11.7 Å². The summed E-state index contributed by atoms with van der Waals surface area (Å²) in [4.78, 5) is 18.1. The van der Waals surface area contributed by atoms with Crippen molar-refractivity contribution in [2.45, 2.75) is 13.2 Å². The van der Waals surface area contributed by atoms with Gasteiger partial charge in [-0.25, -0.2) is 9.18 Å². The molecule has 0 radical (unpaired) electrons. The molecule has 8 heteroatoms. The Morgan fingerprint density at radius 3 is 2.67 bits per heavy atom. The third-order valence-corrected chi connectivity index (χ3v) is 3.62. The first-order chi connectivity index (χ1) is 13.0. The highest BCUT2D eigenvalue weighted by molar-refractivity contribution is 5.90. The van der Waals surface area contributed by atoms with Crippen molar-refractivity contribution in [3.05, 3.63) is 71.6 Å². The maximum Gasteiger partial charge on any atom is 0.338 e. The lowest BCUT2D eigenvalue weighted by Crippen LogP contribution is -2.11. The summed E-state index contributed by atoms with van der Waals surface area (Å²) in [5, 5.41) is 3.75. The van der Waals surface area contributed by atoms with E-state index in [1.54, 1.807) is 18.2 Å².